The summed E-state index contributed by atoms with van der Waals surface area (Å²) in [5, 5.41) is 5.65. The Bertz CT molecular complexity index is 1970. The maximum Gasteiger partial charge on any atom is 0.407 e. The molecule has 306 valence electrons. The van der Waals surface area contributed by atoms with Crippen LogP contribution in [0.25, 0.3) is 10.9 Å². The summed E-state index contributed by atoms with van der Waals surface area (Å²) in [6, 6.07) is 3.37. The highest BCUT2D eigenvalue weighted by atomic mass is 32.2. The van der Waals surface area contributed by atoms with Crippen molar-refractivity contribution in [1.82, 2.24) is 25.2 Å². The third-order valence-electron chi connectivity index (χ3n) is 11.2. The van der Waals surface area contributed by atoms with Gasteiger partial charge in [-0.05, 0) is 68.9 Å². The van der Waals surface area contributed by atoms with Crippen LogP contribution in [-0.2, 0) is 35.6 Å². The smallest absolute Gasteiger partial charge is 0.407 e. The van der Waals surface area contributed by atoms with Crippen LogP contribution < -0.4 is 29.6 Å². The quantitative estimate of drug-likeness (QED) is 0.260. The molecule has 16 heteroatoms. The molecule has 0 unspecified atom stereocenters. The third kappa shape index (κ3) is 9.00. The zero-order valence-corrected chi connectivity index (χ0v) is 33.8. The van der Waals surface area contributed by atoms with Crippen LogP contribution in [-0.4, -0.2) is 98.0 Å². The maximum atomic E-state index is 14.5. The minimum absolute atomic E-state index is 0.0275. The molecule has 4 bridgehead atoms. The van der Waals surface area contributed by atoms with E-state index in [1.165, 1.54) is 11.0 Å². The number of nitrogens with zero attached hydrogens (tertiary/aromatic N) is 2. The molecule has 1 saturated heterocycles. The van der Waals surface area contributed by atoms with E-state index in [2.05, 4.69) is 21.9 Å². The first kappa shape index (κ1) is 41.0. The Morgan fingerprint density at radius 3 is 2.61 bits per heavy atom. The Kier molecular flexibility index (Phi) is 12.1. The third-order valence-corrected chi connectivity index (χ3v) is 13.0. The molecule has 2 saturated carbocycles. The fourth-order valence-corrected chi connectivity index (χ4v) is 9.03. The number of benzene rings is 1. The van der Waals surface area contributed by atoms with E-state index in [0.717, 1.165) is 24.8 Å². The van der Waals surface area contributed by atoms with Gasteiger partial charge in [0.2, 0.25) is 27.7 Å². The first-order valence-corrected chi connectivity index (χ1v) is 21.2. The zero-order valence-electron chi connectivity index (χ0n) is 33.0. The summed E-state index contributed by atoms with van der Waals surface area (Å²) in [6.07, 6.45) is 4.97. The van der Waals surface area contributed by atoms with Gasteiger partial charge in [-0.1, -0.05) is 39.7 Å². The summed E-state index contributed by atoms with van der Waals surface area (Å²) in [4.78, 5) is 61.8. The molecule has 0 radical (unpaired) electrons. The van der Waals surface area contributed by atoms with Gasteiger partial charge in [0.1, 0.15) is 35.2 Å². The summed E-state index contributed by atoms with van der Waals surface area (Å²) in [7, 11) is -2.30. The topological polar surface area (TPSA) is 192 Å². The monoisotopic (exact) mass is 797 g/mol. The number of alkyl carbamates (subject to hydrolysis) is 1. The van der Waals surface area contributed by atoms with Crippen LogP contribution in [0.15, 0.2) is 30.9 Å². The average Bonchev–Trinajstić information content (AvgIpc) is 4.08. The highest BCUT2D eigenvalue weighted by Crippen LogP contribution is 2.46. The maximum absolute atomic E-state index is 14.5. The van der Waals surface area contributed by atoms with Gasteiger partial charge in [0, 0.05) is 29.9 Å². The number of hydrogen-bond acceptors (Lipinski definition) is 11. The van der Waals surface area contributed by atoms with Gasteiger partial charge in [0.15, 0.2) is 0 Å². The van der Waals surface area contributed by atoms with Crippen molar-refractivity contribution >= 4 is 44.7 Å². The first-order chi connectivity index (χ1) is 26.6. The number of carbonyl (C=O) groups is 4. The van der Waals surface area contributed by atoms with E-state index >= 15 is 0 Å². The lowest BCUT2D eigenvalue weighted by atomic mass is 9.87. The number of pyridine rings is 1. The van der Waals surface area contributed by atoms with Crippen molar-refractivity contribution in [3.63, 3.8) is 0 Å². The number of methoxy groups -OCH3 is 1. The van der Waals surface area contributed by atoms with Crippen LogP contribution in [0.1, 0.15) is 91.0 Å². The van der Waals surface area contributed by atoms with E-state index < -0.39 is 68.7 Å². The molecule has 2 aliphatic carbocycles. The van der Waals surface area contributed by atoms with Crippen LogP contribution in [0.4, 0.5) is 4.79 Å². The number of hydrogen-bond donors (Lipinski definition) is 3. The van der Waals surface area contributed by atoms with E-state index in [9.17, 15) is 27.6 Å². The lowest BCUT2D eigenvalue weighted by molar-refractivity contribution is -0.141. The second kappa shape index (κ2) is 16.5. The fraction of sp³-hybridized carbons (Fsp3) is 0.625. The van der Waals surface area contributed by atoms with Gasteiger partial charge in [-0.25, -0.2) is 18.2 Å². The molecule has 56 heavy (non-hydrogen) atoms. The second-order valence-electron chi connectivity index (χ2n) is 16.2. The molecule has 4 aliphatic rings. The Labute approximate surface area is 328 Å². The number of cyclic esters (lactones) is 1. The summed E-state index contributed by atoms with van der Waals surface area (Å²) in [6.45, 7) is 12.1. The summed E-state index contributed by atoms with van der Waals surface area (Å²) in [5.74, 6) is -1.09. The molecule has 0 spiro atoms. The Hall–Kier alpha value is -4.60. The SMILES string of the molecule is C=C[C@@H]1C[C@]1(NC(=O)[C@@H]1C[C@@H]2CN1C(=O)[C@H](CCCC)NC(=O)OCC(C)(C)CCCc1cc3c(cc(OCC)nc3cc1OC)O2)C(=O)NS(=O)(=O)C1CC1. The predicted octanol–water partition coefficient (Wildman–Crippen LogP) is 4.31. The minimum Gasteiger partial charge on any atom is -0.496 e. The molecule has 3 heterocycles. The Balaban J connectivity index is 1.38. The lowest BCUT2D eigenvalue weighted by Crippen LogP contribution is -2.58. The molecule has 1 aromatic carbocycles. The van der Waals surface area contributed by atoms with Gasteiger partial charge >= 0.3 is 6.09 Å². The van der Waals surface area contributed by atoms with Crippen molar-refractivity contribution in [2.24, 2.45) is 11.3 Å². The normalized spacial score (nSPS) is 26.6. The van der Waals surface area contributed by atoms with E-state index in [1.807, 2.05) is 39.8 Å². The molecular weight excluding hydrogens is 743 g/mol. The van der Waals surface area contributed by atoms with E-state index in [4.69, 9.17) is 23.9 Å². The number of ether oxygens (including phenoxy) is 4. The van der Waals surface area contributed by atoms with Gasteiger partial charge < -0.3 is 34.5 Å². The number of aryl methyl sites for hydroxylation is 1. The average molecular weight is 798 g/mol. The molecule has 2 aliphatic heterocycles. The number of aromatic nitrogens is 1. The molecule has 6 rings (SSSR count). The lowest BCUT2D eigenvalue weighted by Gasteiger charge is -2.30. The van der Waals surface area contributed by atoms with Crippen molar-refractivity contribution in [3.05, 3.63) is 36.4 Å². The van der Waals surface area contributed by atoms with Gasteiger partial charge in [0.25, 0.3) is 5.91 Å². The number of fused-ring (bicyclic) bond motifs is 3. The summed E-state index contributed by atoms with van der Waals surface area (Å²) in [5.41, 5.74) is -0.426. The second-order valence-corrected chi connectivity index (χ2v) is 18.1. The van der Waals surface area contributed by atoms with Crippen LogP contribution in [0.2, 0.25) is 0 Å². The van der Waals surface area contributed by atoms with E-state index in [0.29, 0.717) is 67.0 Å². The molecular formula is C40H55N5O10S. The number of rotatable bonds is 12. The molecule has 15 nitrogen and oxygen atoms in total. The van der Waals surface area contributed by atoms with E-state index in [-0.39, 0.29) is 31.4 Å². The molecule has 1 aromatic heterocycles. The number of sulfonamides is 1. The van der Waals surface area contributed by atoms with Crippen molar-refractivity contribution in [1.29, 1.82) is 0 Å². The zero-order chi connectivity index (χ0) is 40.4. The number of nitrogens with one attached hydrogen (secondary N) is 3. The molecule has 2 aromatic rings. The number of carbonyl (C=O) groups excluding carboxylic acids is 4. The molecule has 4 amide bonds. The van der Waals surface area contributed by atoms with Crippen molar-refractivity contribution in [3.8, 4) is 17.4 Å². The summed E-state index contributed by atoms with van der Waals surface area (Å²) >= 11 is 0. The molecule has 3 fully saturated rings. The number of unbranched alkanes of at least 4 members (excludes halogenated alkanes) is 1. The molecule has 5 atom stereocenters. The highest BCUT2D eigenvalue weighted by Gasteiger charge is 2.62. The van der Waals surface area contributed by atoms with Crippen molar-refractivity contribution in [2.75, 3.05) is 26.9 Å². The standard InChI is InChI=1S/C40H55N5O10S/c1-7-10-13-29-36(47)45-22-26(18-31(45)35(46)43-40(21-25(40)8-2)37(48)44-56(50,51)27-14-15-27)55-33-20-34(53-9-3)41-30-19-32(52-6)24(17-28(30)33)12-11-16-39(4,5)23-54-38(49)42-29/h8,17,19-20,25-27,29,31H,2,7,9-16,18,21-23H2,1,3-6H3,(H,42,49)(H,43,46)(H,44,48)/t25-,26-,29+,31+,40-/m1/s1. The van der Waals surface area contributed by atoms with Crippen LogP contribution in [0, 0.1) is 11.3 Å². The highest BCUT2D eigenvalue weighted by molar-refractivity contribution is 7.91. The van der Waals surface area contributed by atoms with Gasteiger partial charge in [-0.2, -0.15) is 0 Å². The number of amides is 4. The fourth-order valence-electron chi connectivity index (χ4n) is 7.66. The Morgan fingerprint density at radius 2 is 1.95 bits per heavy atom. The first-order valence-electron chi connectivity index (χ1n) is 19.7. The minimum atomic E-state index is -3.91. The predicted molar refractivity (Wildman–Crippen MR) is 208 cm³/mol. The summed E-state index contributed by atoms with van der Waals surface area (Å²) < 4.78 is 51.7. The van der Waals surface area contributed by atoms with Crippen LogP contribution >= 0.6 is 0 Å². The largest absolute Gasteiger partial charge is 0.496 e. The van der Waals surface area contributed by atoms with Gasteiger partial charge in [-0.3, -0.25) is 19.1 Å². The Morgan fingerprint density at radius 1 is 1.18 bits per heavy atom. The van der Waals surface area contributed by atoms with Crippen LogP contribution in [0.3, 0.4) is 0 Å². The van der Waals surface area contributed by atoms with Crippen LogP contribution in [0.5, 0.6) is 17.4 Å². The van der Waals surface area contributed by atoms with Crippen molar-refractivity contribution < 1.29 is 46.5 Å². The van der Waals surface area contributed by atoms with Crippen molar-refractivity contribution in [2.45, 2.75) is 121 Å². The van der Waals surface area contributed by atoms with Gasteiger partial charge in [-0.15, -0.1) is 6.58 Å². The molecule has 3 N–H and O–H groups in total. The van der Waals surface area contributed by atoms with Gasteiger partial charge in [0.05, 0.1) is 37.6 Å². The van der Waals surface area contributed by atoms with E-state index in [1.54, 1.807) is 13.2 Å².